The van der Waals surface area contributed by atoms with E-state index in [1.807, 2.05) is 36.4 Å². The number of carbonyl (C=O) groups is 1. The van der Waals surface area contributed by atoms with Crippen LogP contribution in [0.3, 0.4) is 0 Å². The molecule has 0 unspecified atom stereocenters. The summed E-state index contributed by atoms with van der Waals surface area (Å²) >= 11 is 6.04. The molecule has 3 rings (SSSR count). The quantitative estimate of drug-likeness (QED) is 0.370. The third-order valence-corrected chi connectivity index (χ3v) is 3.92. The molecule has 0 saturated heterocycles. The van der Waals surface area contributed by atoms with E-state index in [1.54, 1.807) is 18.3 Å². The smallest absolute Gasteiger partial charge is 0.267 e. The van der Waals surface area contributed by atoms with Crippen molar-refractivity contribution in [2.45, 2.75) is 0 Å². The number of fused-ring (bicyclic) bond motifs is 1. The lowest BCUT2D eigenvalue weighted by Crippen LogP contribution is -2.15. The fourth-order valence-corrected chi connectivity index (χ4v) is 2.58. The number of hydrogen-bond acceptors (Lipinski definition) is 5. The molecule has 1 aromatic heterocycles. The molecule has 7 heteroatoms. The van der Waals surface area contributed by atoms with Gasteiger partial charge in [-0.15, -0.1) is 0 Å². The zero-order valence-corrected chi connectivity index (χ0v) is 14.3. The monoisotopic (exact) mass is 363 g/mol. The Kier molecular flexibility index (Phi) is 5.02. The summed E-state index contributed by atoms with van der Waals surface area (Å²) in [5.74, 6) is -0.583. The van der Waals surface area contributed by atoms with Gasteiger partial charge in [0.1, 0.15) is 11.6 Å². The molecule has 0 aliphatic carbocycles. The molecule has 0 spiro atoms. The molecular weight excluding hydrogens is 350 g/mol. The van der Waals surface area contributed by atoms with Crippen molar-refractivity contribution < 1.29 is 4.79 Å². The third-order valence-electron chi connectivity index (χ3n) is 3.61. The number of nitrogen functional groups attached to an aromatic ring is 1. The SMILES string of the molecule is N#C/C(=C/Nc1cccc2cccnc12)C(=O)Nc1ccc(N)cc1Cl. The topological polar surface area (TPSA) is 104 Å². The fourth-order valence-electron chi connectivity index (χ4n) is 2.34. The standard InChI is InChI=1S/C19H14ClN5O/c20-15-9-14(22)6-7-16(15)25-19(26)13(10-21)11-24-17-5-1-3-12-4-2-8-23-18(12)17/h1-9,11,24H,22H2,(H,25,26)/b13-11-. The predicted octanol–water partition coefficient (Wildman–Crippen LogP) is 3.93. The Hall–Kier alpha value is -3.56. The van der Waals surface area contributed by atoms with Gasteiger partial charge in [-0.2, -0.15) is 5.26 Å². The number of rotatable bonds is 4. The van der Waals surface area contributed by atoms with Crippen LogP contribution in [0.4, 0.5) is 17.1 Å². The number of nitrogens with one attached hydrogen (secondary N) is 2. The van der Waals surface area contributed by atoms with Crippen molar-refractivity contribution in [3.8, 4) is 6.07 Å². The average molecular weight is 364 g/mol. The molecule has 2 aromatic carbocycles. The van der Waals surface area contributed by atoms with Gasteiger partial charge in [-0.3, -0.25) is 9.78 Å². The maximum Gasteiger partial charge on any atom is 0.267 e. The van der Waals surface area contributed by atoms with Crippen molar-refractivity contribution in [1.29, 1.82) is 5.26 Å². The Balaban J connectivity index is 1.81. The first-order chi connectivity index (χ1) is 12.6. The van der Waals surface area contributed by atoms with E-state index in [1.165, 1.54) is 12.3 Å². The van der Waals surface area contributed by atoms with Crippen LogP contribution < -0.4 is 16.4 Å². The number of pyridine rings is 1. The molecule has 6 nitrogen and oxygen atoms in total. The number of nitrogens with zero attached hydrogens (tertiary/aromatic N) is 2. The van der Waals surface area contributed by atoms with Crippen LogP contribution in [-0.2, 0) is 4.79 Å². The van der Waals surface area contributed by atoms with E-state index in [4.69, 9.17) is 17.3 Å². The number of anilines is 3. The van der Waals surface area contributed by atoms with Gasteiger partial charge in [0.15, 0.2) is 0 Å². The number of carbonyl (C=O) groups excluding carboxylic acids is 1. The first-order valence-corrected chi connectivity index (χ1v) is 8.03. The van der Waals surface area contributed by atoms with Gasteiger partial charge in [0, 0.05) is 23.5 Å². The zero-order chi connectivity index (χ0) is 18.5. The maximum atomic E-state index is 12.3. The van der Waals surface area contributed by atoms with E-state index in [2.05, 4.69) is 15.6 Å². The Morgan fingerprint density at radius 1 is 1.19 bits per heavy atom. The van der Waals surface area contributed by atoms with Crippen LogP contribution in [0.25, 0.3) is 10.9 Å². The van der Waals surface area contributed by atoms with Gasteiger partial charge in [-0.25, -0.2) is 0 Å². The van der Waals surface area contributed by atoms with E-state index >= 15 is 0 Å². The van der Waals surface area contributed by atoms with Crippen molar-refractivity contribution in [1.82, 2.24) is 4.98 Å². The van der Waals surface area contributed by atoms with Gasteiger partial charge in [0.05, 0.1) is 21.9 Å². The zero-order valence-electron chi connectivity index (χ0n) is 13.5. The van der Waals surface area contributed by atoms with Gasteiger partial charge in [-0.05, 0) is 30.3 Å². The summed E-state index contributed by atoms with van der Waals surface area (Å²) in [6.45, 7) is 0. The third kappa shape index (κ3) is 3.74. The number of hydrogen-bond donors (Lipinski definition) is 3. The highest BCUT2D eigenvalue weighted by molar-refractivity contribution is 6.34. The lowest BCUT2D eigenvalue weighted by atomic mass is 10.2. The van der Waals surface area contributed by atoms with Gasteiger partial charge in [0.2, 0.25) is 0 Å². The second-order valence-corrected chi connectivity index (χ2v) is 5.80. The van der Waals surface area contributed by atoms with Crippen LogP contribution in [-0.4, -0.2) is 10.9 Å². The van der Waals surface area contributed by atoms with Crippen molar-refractivity contribution in [2.24, 2.45) is 0 Å². The minimum atomic E-state index is -0.583. The average Bonchev–Trinajstić information content (AvgIpc) is 2.64. The number of halogens is 1. The van der Waals surface area contributed by atoms with Crippen LogP contribution in [0.2, 0.25) is 5.02 Å². The second kappa shape index (κ2) is 7.55. The molecule has 3 aromatic rings. The minimum absolute atomic E-state index is 0.106. The van der Waals surface area contributed by atoms with Crippen LogP contribution >= 0.6 is 11.6 Å². The Bertz CT molecular complexity index is 1050. The summed E-state index contributed by atoms with van der Waals surface area (Å²) < 4.78 is 0. The molecule has 0 saturated carbocycles. The highest BCUT2D eigenvalue weighted by Gasteiger charge is 2.12. The summed E-state index contributed by atoms with van der Waals surface area (Å²) in [7, 11) is 0. The maximum absolute atomic E-state index is 12.3. The number of aromatic nitrogens is 1. The molecular formula is C19H14ClN5O. The number of benzene rings is 2. The van der Waals surface area contributed by atoms with Crippen LogP contribution in [0.15, 0.2) is 66.5 Å². The molecule has 0 aliphatic rings. The van der Waals surface area contributed by atoms with E-state index in [-0.39, 0.29) is 5.57 Å². The Morgan fingerprint density at radius 2 is 2.00 bits per heavy atom. The first kappa shape index (κ1) is 17.3. The highest BCUT2D eigenvalue weighted by atomic mass is 35.5. The number of nitrogens with two attached hydrogens (primary N) is 1. The number of para-hydroxylation sites is 1. The van der Waals surface area contributed by atoms with Gasteiger partial charge >= 0.3 is 0 Å². The van der Waals surface area contributed by atoms with E-state index in [0.29, 0.717) is 22.1 Å². The summed E-state index contributed by atoms with van der Waals surface area (Å²) in [6.07, 6.45) is 3.02. The fraction of sp³-hybridized carbons (Fsp3) is 0. The normalized spacial score (nSPS) is 11.0. The summed E-state index contributed by atoms with van der Waals surface area (Å²) in [5, 5.41) is 16.1. The molecule has 1 amide bonds. The summed E-state index contributed by atoms with van der Waals surface area (Å²) in [5.41, 5.74) is 7.80. The van der Waals surface area contributed by atoms with Crippen molar-refractivity contribution in [3.05, 3.63) is 71.5 Å². The molecule has 0 bridgehead atoms. The van der Waals surface area contributed by atoms with Crippen molar-refractivity contribution >= 4 is 45.5 Å². The first-order valence-electron chi connectivity index (χ1n) is 7.65. The largest absolute Gasteiger partial charge is 0.399 e. The van der Waals surface area contributed by atoms with Crippen LogP contribution in [0.5, 0.6) is 0 Å². The molecule has 26 heavy (non-hydrogen) atoms. The molecule has 0 fully saturated rings. The van der Waals surface area contributed by atoms with Crippen molar-refractivity contribution in [2.75, 3.05) is 16.4 Å². The highest BCUT2D eigenvalue weighted by Crippen LogP contribution is 2.25. The molecule has 4 N–H and O–H groups in total. The Morgan fingerprint density at radius 3 is 2.77 bits per heavy atom. The Labute approximate surface area is 154 Å². The molecule has 128 valence electrons. The number of amides is 1. The van der Waals surface area contributed by atoms with Gasteiger partial charge in [-0.1, -0.05) is 29.8 Å². The summed E-state index contributed by atoms with van der Waals surface area (Å²) in [4.78, 5) is 16.6. The second-order valence-electron chi connectivity index (χ2n) is 5.39. The van der Waals surface area contributed by atoms with E-state index in [9.17, 15) is 10.1 Å². The molecule has 0 aliphatic heterocycles. The van der Waals surface area contributed by atoms with Crippen LogP contribution in [0.1, 0.15) is 0 Å². The minimum Gasteiger partial charge on any atom is -0.399 e. The molecule has 0 atom stereocenters. The number of nitriles is 1. The van der Waals surface area contributed by atoms with E-state index < -0.39 is 5.91 Å². The van der Waals surface area contributed by atoms with Gasteiger partial charge < -0.3 is 16.4 Å². The molecule has 0 radical (unpaired) electrons. The van der Waals surface area contributed by atoms with Crippen LogP contribution in [0, 0.1) is 11.3 Å². The van der Waals surface area contributed by atoms with E-state index in [0.717, 1.165) is 10.9 Å². The summed E-state index contributed by atoms with van der Waals surface area (Å²) in [6, 6.07) is 15.9. The van der Waals surface area contributed by atoms with Gasteiger partial charge in [0.25, 0.3) is 5.91 Å². The van der Waals surface area contributed by atoms with Crippen molar-refractivity contribution in [3.63, 3.8) is 0 Å². The predicted molar refractivity (Wildman–Crippen MR) is 104 cm³/mol. The lowest BCUT2D eigenvalue weighted by Gasteiger charge is -2.08. The lowest BCUT2D eigenvalue weighted by molar-refractivity contribution is -0.112. The molecule has 1 heterocycles.